The van der Waals surface area contributed by atoms with Gasteiger partial charge in [0.05, 0.1) is 15.7 Å². The van der Waals surface area contributed by atoms with Gasteiger partial charge in [0.2, 0.25) is 6.79 Å². The second-order valence-electron chi connectivity index (χ2n) is 6.04. The summed E-state index contributed by atoms with van der Waals surface area (Å²) < 4.78 is 10.6. The van der Waals surface area contributed by atoms with Crippen LogP contribution >= 0.6 is 23.2 Å². The topological polar surface area (TPSA) is 54.0 Å². The minimum Gasteiger partial charge on any atom is -0.454 e. The van der Waals surface area contributed by atoms with Crippen LogP contribution in [0.5, 0.6) is 11.5 Å². The molecule has 2 amide bonds. The maximum atomic E-state index is 12.5. The maximum absolute atomic E-state index is 12.5. The second kappa shape index (κ2) is 7.13. The molecule has 0 aromatic heterocycles. The van der Waals surface area contributed by atoms with E-state index >= 15 is 0 Å². The van der Waals surface area contributed by atoms with E-state index in [0.717, 1.165) is 5.69 Å². The lowest BCUT2D eigenvalue weighted by Gasteiger charge is -2.36. The molecule has 1 saturated heterocycles. The number of carbonyl (C=O) groups is 1. The number of nitrogens with zero attached hydrogens (tertiary/aromatic N) is 2. The largest absolute Gasteiger partial charge is 0.454 e. The number of anilines is 2. The molecule has 4 rings (SSSR count). The highest BCUT2D eigenvalue weighted by molar-refractivity contribution is 6.39. The van der Waals surface area contributed by atoms with Crippen LogP contribution in [0.1, 0.15) is 0 Å². The van der Waals surface area contributed by atoms with Gasteiger partial charge in [0.15, 0.2) is 11.5 Å². The Balaban J connectivity index is 1.38. The molecule has 136 valence electrons. The zero-order chi connectivity index (χ0) is 18.1. The number of carbonyl (C=O) groups excluding carboxylic acids is 1. The van der Waals surface area contributed by atoms with E-state index in [2.05, 4.69) is 10.2 Å². The third kappa shape index (κ3) is 3.34. The zero-order valence-corrected chi connectivity index (χ0v) is 15.4. The van der Waals surface area contributed by atoms with Gasteiger partial charge in [-0.25, -0.2) is 4.79 Å². The number of benzene rings is 2. The molecule has 1 fully saturated rings. The average molecular weight is 394 g/mol. The molecular weight excluding hydrogens is 377 g/mol. The molecule has 8 heteroatoms. The van der Waals surface area contributed by atoms with Gasteiger partial charge >= 0.3 is 6.03 Å². The fraction of sp³-hybridized carbons (Fsp3) is 0.278. The minimum atomic E-state index is -0.145. The number of ether oxygens (including phenoxy) is 2. The van der Waals surface area contributed by atoms with E-state index < -0.39 is 0 Å². The fourth-order valence-corrected chi connectivity index (χ4v) is 3.74. The van der Waals surface area contributed by atoms with Crippen LogP contribution in [0.3, 0.4) is 0 Å². The van der Waals surface area contributed by atoms with Crippen molar-refractivity contribution in [1.82, 2.24) is 4.90 Å². The van der Waals surface area contributed by atoms with Crippen molar-refractivity contribution in [1.29, 1.82) is 0 Å². The van der Waals surface area contributed by atoms with Crippen molar-refractivity contribution in [3.8, 4) is 11.5 Å². The molecule has 2 aliphatic rings. The predicted molar refractivity (Wildman–Crippen MR) is 102 cm³/mol. The molecule has 2 heterocycles. The van der Waals surface area contributed by atoms with Gasteiger partial charge in [-0.1, -0.05) is 29.3 Å². The van der Waals surface area contributed by atoms with Crippen molar-refractivity contribution in [2.75, 3.05) is 43.2 Å². The number of hydrogen-bond acceptors (Lipinski definition) is 4. The number of nitrogens with one attached hydrogen (secondary N) is 1. The van der Waals surface area contributed by atoms with Crippen LogP contribution in [0.25, 0.3) is 0 Å². The molecule has 2 aliphatic heterocycles. The Labute approximate surface area is 161 Å². The highest BCUT2D eigenvalue weighted by Gasteiger charge is 2.24. The third-order valence-corrected chi connectivity index (χ3v) is 5.05. The molecule has 26 heavy (non-hydrogen) atoms. The zero-order valence-electron chi connectivity index (χ0n) is 13.9. The first-order valence-corrected chi connectivity index (χ1v) is 9.02. The number of rotatable bonds is 2. The van der Waals surface area contributed by atoms with E-state index in [0.29, 0.717) is 53.4 Å². The maximum Gasteiger partial charge on any atom is 0.321 e. The van der Waals surface area contributed by atoms with Crippen molar-refractivity contribution in [2.45, 2.75) is 0 Å². The Bertz CT molecular complexity index is 818. The van der Waals surface area contributed by atoms with Gasteiger partial charge in [-0.15, -0.1) is 0 Å². The number of halogens is 2. The lowest BCUT2D eigenvalue weighted by atomic mass is 10.2. The quantitative estimate of drug-likeness (QED) is 0.834. The van der Waals surface area contributed by atoms with Crippen LogP contribution in [-0.4, -0.2) is 43.9 Å². The predicted octanol–water partition coefficient (Wildman–Crippen LogP) is 4.08. The van der Waals surface area contributed by atoms with Crippen LogP contribution in [0.2, 0.25) is 10.0 Å². The van der Waals surface area contributed by atoms with E-state index in [1.807, 2.05) is 18.2 Å². The van der Waals surface area contributed by atoms with Crippen molar-refractivity contribution in [3.05, 3.63) is 46.4 Å². The first-order valence-electron chi connectivity index (χ1n) is 8.26. The summed E-state index contributed by atoms with van der Waals surface area (Å²) in [5.41, 5.74) is 1.50. The van der Waals surface area contributed by atoms with Crippen LogP contribution in [0.4, 0.5) is 16.2 Å². The van der Waals surface area contributed by atoms with Gasteiger partial charge in [-0.2, -0.15) is 0 Å². The molecule has 0 aliphatic carbocycles. The molecular formula is C18H17Cl2N3O3. The van der Waals surface area contributed by atoms with Crippen molar-refractivity contribution < 1.29 is 14.3 Å². The number of amides is 2. The number of hydrogen-bond donors (Lipinski definition) is 1. The summed E-state index contributed by atoms with van der Waals surface area (Å²) >= 11 is 12.5. The van der Waals surface area contributed by atoms with Crippen LogP contribution in [0, 0.1) is 0 Å². The average Bonchev–Trinajstić information content (AvgIpc) is 3.10. The monoisotopic (exact) mass is 393 g/mol. The summed E-state index contributed by atoms with van der Waals surface area (Å²) in [5.74, 6) is 1.33. The summed E-state index contributed by atoms with van der Waals surface area (Å²) in [7, 11) is 0. The molecule has 0 bridgehead atoms. The van der Waals surface area contributed by atoms with Gasteiger partial charge in [0.25, 0.3) is 0 Å². The number of fused-ring (bicyclic) bond motifs is 1. The van der Waals surface area contributed by atoms with E-state index in [4.69, 9.17) is 32.7 Å². The molecule has 0 saturated carbocycles. The SMILES string of the molecule is O=C(Nc1ccc2c(c1)OCO2)N1CCN(c2c(Cl)cccc2Cl)CC1. The van der Waals surface area contributed by atoms with Gasteiger partial charge in [0.1, 0.15) is 0 Å². The molecule has 0 spiro atoms. The van der Waals surface area contributed by atoms with Crippen molar-refractivity contribution in [3.63, 3.8) is 0 Å². The van der Waals surface area contributed by atoms with Gasteiger partial charge < -0.3 is 24.6 Å². The third-order valence-electron chi connectivity index (χ3n) is 4.44. The van der Waals surface area contributed by atoms with E-state index in [1.54, 1.807) is 23.1 Å². The molecule has 2 aromatic carbocycles. The van der Waals surface area contributed by atoms with Crippen molar-refractivity contribution in [2.24, 2.45) is 0 Å². The van der Waals surface area contributed by atoms with E-state index in [9.17, 15) is 4.79 Å². The summed E-state index contributed by atoms with van der Waals surface area (Å²) in [6.45, 7) is 2.70. The number of piperazine rings is 1. The highest BCUT2D eigenvalue weighted by Crippen LogP contribution is 2.35. The Morgan fingerprint density at radius 2 is 1.65 bits per heavy atom. The number of urea groups is 1. The minimum absolute atomic E-state index is 0.145. The molecule has 2 aromatic rings. The molecule has 6 nitrogen and oxygen atoms in total. The Morgan fingerprint density at radius 3 is 2.38 bits per heavy atom. The summed E-state index contributed by atoms with van der Waals surface area (Å²) in [4.78, 5) is 16.4. The molecule has 0 atom stereocenters. The lowest BCUT2D eigenvalue weighted by molar-refractivity contribution is 0.174. The summed E-state index contributed by atoms with van der Waals surface area (Å²) in [5, 5.41) is 4.14. The van der Waals surface area contributed by atoms with Gasteiger partial charge in [-0.05, 0) is 24.3 Å². The van der Waals surface area contributed by atoms with Crippen LogP contribution < -0.4 is 19.7 Å². The van der Waals surface area contributed by atoms with Crippen molar-refractivity contribution >= 4 is 40.6 Å². The Kier molecular flexibility index (Phi) is 4.70. The first kappa shape index (κ1) is 17.1. The molecule has 0 unspecified atom stereocenters. The van der Waals surface area contributed by atoms with E-state index in [1.165, 1.54) is 0 Å². The number of para-hydroxylation sites is 1. The smallest absolute Gasteiger partial charge is 0.321 e. The Morgan fingerprint density at radius 1 is 0.962 bits per heavy atom. The van der Waals surface area contributed by atoms with Crippen LogP contribution in [0.15, 0.2) is 36.4 Å². The normalized spacial score (nSPS) is 15.9. The molecule has 1 N–H and O–H groups in total. The van der Waals surface area contributed by atoms with Crippen LogP contribution in [-0.2, 0) is 0 Å². The lowest BCUT2D eigenvalue weighted by Crippen LogP contribution is -2.50. The Hall–Kier alpha value is -2.31. The van der Waals surface area contributed by atoms with Gasteiger partial charge in [0, 0.05) is 37.9 Å². The van der Waals surface area contributed by atoms with E-state index in [-0.39, 0.29) is 12.8 Å². The fourth-order valence-electron chi connectivity index (χ4n) is 3.10. The molecule has 0 radical (unpaired) electrons. The second-order valence-corrected chi connectivity index (χ2v) is 6.86. The summed E-state index contributed by atoms with van der Waals surface area (Å²) in [6, 6.07) is 10.7. The highest BCUT2D eigenvalue weighted by atomic mass is 35.5. The first-order chi connectivity index (χ1) is 12.6. The standard InChI is InChI=1S/C18H17Cl2N3O3/c19-13-2-1-3-14(20)17(13)22-6-8-23(9-7-22)18(24)21-12-4-5-15-16(10-12)26-11-25-15/h1-5,10H,6-9,11H2,(H,21,24). The van der Waals surface area contributed by atoms with Gasteiger partial charge in [-0.3, -0.25) is 0 Å². The summed E-state index contributed by atoms with van der Waals surface area (Å²) in [6.07, 6.45) is 0.